The number of rotatable bonds is 2. The van der Waals surface area contributed by atoms with Crippen molar-refractivity contribution in [1.82, 2.24) is 0 Å². The molecule has 0 saturated heterocycles. The highest BCUT2D eigenvalue weighted by Gasteiger charge is 2.23. The van der Waals surface area contributed by atoms with Gasteiger partial charge in [0.2, 0.25) is 0 Å². The molecule has 0 amide bonds. The fraction of sp³-hybridized carbons (Fsp3) is 0.357. The van der Waals surface area contributed by atoms with Crippen LogP contribution in [-0.4, -0.2) is 11.1 Å². The van der Waals surface area contributed by atoms with Gasteiger partial charge in [-0.1, -0.05) is 12.6 Å². The first-order valence-electron chi connectivity index (χ1n) is 5.76. The van der Waals surface area contributed by atoms with E-state index in [1.165, 1.54) is 0 Å². The normalized spacial score (nSPS) is 18.3. The summed E-state index contributed by atoms with van der Waals surface area (Å²) >= 11 is 0. The number of carbonyl (C=O) groups is 1. The third kappa shape index (κ3) is 2.49. The molecule has 1 atom stereocenters. The Kier molecular flexibility index (Phi) is 3.18. The van der Waals surface area contributed by atoms with Gasteiger partial charge >= 0.3 is 5.97 Å². The molecule has 0 aliphatic heterocycles. The molecule has 1 unspecified atom stereocenters. The van der Waals surface area contributed by atoms with Crippen LogP contribution in [-0.2, 0) is 16.0 Å². The maximum atomic E-state index is 11.5. The van der Waals surface area contributed by atoms with Crippen LogP contribution < -0.4 is 0 Å². The van der Waals surface area contributed by atoms with E-state index >= 15 is 0 Å². The number of phenolic OH excluding ortho intramolecular Hbond substituents is 1. The fourth-order valence-corrected chi connectivity index (χ4v) is 2.11. The van der Waals surface area contributed by atoms with Gasteiger partial charge in [0, 0.05) is 5.57 Å². The van der Waals surface area contributed by atoms with Gasteiger partial charge in [0.05, 0.1) is 0 Å². The van der Waals surface area contributed by atoms with Crippen LogP contribution >= 0.6 is 0 Å². The number of phenols is 1. The van der Waals surface area contributed by atoms with Crippen molar-refractivity contribution in [2.24, 2.45) is 0 Å². The second-order valence-electron chi connectivity index (χ2n) is 4.45. The first kappa shape index (κ1) is 11.7. The van der Waals surface area contributed by atoms with E-state index in [1.54, 1.807) is 19.1 Å². The van der Waals surface area contributed by atoms with Crippen molar-refractivity contribution < 1.29 is 14.6 Å². The van der Waals surface area contributed by atoms with Crippen LogP contribution in [0.5, 0.6) is 5.75 Å². The average molecular weight is 232 g/mol. The summed E-state index contributed by atoms with van der Waals surface area (Å²) in [6.45, 7) is 5.22. The molecule has 0 radical (unpaired) electrons. The quantitative estimate of drug-likeness (QED) is 0.630. The molecule has 90 valence electrons. The number of esters is 1. The molecular formula is C14H16O3. The maximum absolute atomic E-state index is 11.5. The predicted molar refractivity (Wildman–Crippen MR) is 64.7 cm³/mol. The molecule has 1 N–H and O–H groups in total. The monoisotopic (exact) mass is 232 g/mol. The Hall–Kier alpha value is -1.77. The molecular weight excluding hydrogens is 216 g/mol. The summed E-state index contributed by atoms with van der Waals surface area (Å²) in [6.07, 6.45) is 2.51. The van der Waals surface area contributed by atoms with Gasteiger partial charge in [0.25, 0.3) is 0 Å². The smallest absolute Gasteiger partial charge is 0.333 e. The number of ether oxygens (including phenoxy) is 1. The molecule has 17 heavy (non-hydrogen) atoms. The van der Waals surface area contributed by atoms with E-state index in [0.717, 1.165) is 30.4 Å². The number of benzene rings is 1. The lowest BCUT2D eigenvalue weighted by Crippen LogP contribution is -2.17. The first-order valence-corrected chi connectivity index (χ1v) is 5.76. The number of fused-ring (bicyclic) bond motifs is 1. The fourth-order valence-electron chi connectivity index (χ4n) is 2.11. The Morgan fingerprint density at radius 2 is 2.29 bits per heavy atom. The van der Waals surface area contributed by atoms with Crippen LogP contribution in [0, 0.1) is 0 Å². The summed E-state index contributed by atoms with van der Waals surface area (Å²) in [5, 5.41) is 9.42. The van der Waals surface area contributed by atoms with Crippen LogP contribution in [0.15, 0.2) is 30.4 Å². The van der Waals surface area contributed by atoms with Gasteiger partial charge in [-0.05, 0) is 49.4 Å². The van der Waals surface area contributed by atoms with Gasteiger partial charge in [0.1, 0.15) is 11.9 Å². The van der Waals surface area contributed by atoms with Crippen LogP contribution in [0.1, 0.15) is 37.0 Å². The number of aromatic hydroxyl groups is 1. The summed E-state index contributed by atoms with van der Waals surface area (Å²) in [5.41, 5.74) is 2.48. The molecule has 0 heterocycles. The highest BCUT2D eigenvalue weighted by atomic mass is 16.5. The van der Waals surface area contributed by atoms with Crippen LogP contribution in [0.4, 0.5) is 0 Å². The van der Waals surface area contributed by atoms with Gasteiger partial charge < -0.3 is 9.84 Å². The third-order valence-corrected chi connectivity index (χ3v) is 2.98. The molecule has 3 heteroatoms. The number of aryl methyl sites for hydroxylation is 1. The van der Waals surface area contributed by atoms with E-state index in [1.807, 2.05) is 6.07 Å². The largest absolute Gasteiger partial charge is 0.508 e. The van der Waals surface area contributed by atoms with E-state index in [9.17, 15) is 9.90 Å². The Morgan fingerprint density at radius 3 is 3.00 bits per heavy atom. The van der Waals surface area contributed by atoms with Crippen LogP contribution in [0.3, 0.4) is 0 Å². The molecule has 1 aliphatic rings. The van der Waals surface area contributed by atoms with Gasteiger partial charge in [-0.2, -0.15) is 0 Å². The lowest BCUT2D eigenvalue weighted by Gasteiger charge is -2.25. The zero-order chi connectivity index (χ0) is 12.4. The van der Waals surface area contributed by atoms with E-state index in [0.29, 0.717) is 5.57 Å². The standard InChI is InChI=1S/C14H16O3/c1-9(2)14(16)17-13-5-3-4-10-8-11(15)6-7-12(10)13/h6-8,13,15H,1,3-5H2,2H3. The minimum absolute atomic E-state index is 0.205. The third-order valence-electron chi connectivity index (χ3n) is 2.98. The molecule has 1 aromatic carbocycles. The maximum Gasteiger partial charge on any atom is 0.333 e. The van der Waals surface area contributed by atoms with Crippen molar-refractivity contribution in [3.63, 3.8) is 0 Å². The van der Waals surface area contributed by atoms with Gasteiger partial charge in [-0.25, -0.2) is 4.79 Å². The van der Waals surface area contributed by atoms with E-state index in [-0.39, 0.29) is 17.8 Å². The molecule has 0 aromatic heterocycles. The SMILES string of the molecule is C=C(C)C(=O)OC1CCCc2cc(O)ccc21. The predicted octanol–water partition coefficient (Wildman–Crippen LogP) is 2.89. The minimum atomic E-state index is -0.351. The topological polar surface area (TPSA) is 46.5 Å². The number of carbonyl (C=O) groups excluding carboxylic acids is 1. The van der Waals surface area contributed by atoms with Crippen molar-refractivity contribution in [2.45, 2.75) is 32.3 Å². The second kappa shape index (κ2) is 4.62. The zero-order valence-corrected chi connectivity index (χ0v) is 9.90. The molecule has 1 aromatic rings. The Bertz CT molecular complexity index is 463. The van der Waals surface area contributed by atoms with Crippen molar-refractivity contribution in [3.8, 4) is 5.75 Å². The molecule has 0 saturated carbocycles. The van der Waals surface area contributed by atoms with Crippen LogP contribution in [0.2, 0.25) is 0 Å². The van der Waals surface area contributed by atoms with Crippen molar-refractivity contribution in [2.75, 3.05) is 0 Å². The molecule has 0 fully saturated rings. The summed E-state index contributed by atoms with van der Waals surface area (Å²) in [4.78, 5) is 11.5. The molecule has 2 rings (SSSR count). The van der Waals surface area contributed by atoms with E-state index in [4.69, 9.17) is 4.74 Å². The summed E-state index contributed by atoms with van der Waals surface area (Å²) < 4.78 is 5.40. The van der Waals surface area contributed by atoms with E-state index in [2.05, 4.69) is 6.58 Å². The van der Waals surface area contributed by atoms with Crippen molar-refractivity contribution >= 4 is 5.97 Å². The van der Waals surface area contributed by atoms with Gasteiger partial charge in [-0.15, -0.1) is 0 Å². The summed E-state index contributed by atoms with van der Waals surface area (Å²) in [6, 6.07) is 5.21. The molecule has 1 aliphatic carbocycles. The van der Waals surface area contributed by atoms with Gasteiger partial charge in [0.15, 0.2) is 0 Å². The number of hydrogen-bond acceptors (Lipinski definition) is 3. The van der Waals surface area contributed by atoms with Crippen molar-refractivity contribution in [1.29, 1.82) is 0 Å². The molecule has 0 bridgehead atoms. The lowest BCUT2D eigenvalue weighted by molar-refractivity contribution is -0.145. The lowest BCUT2D eigenvalue weighted by atomic mass is 9.89. The van der Waals surface area contributed by atoms with Crippen LogP contribution in [0.25, 0.3) is 0 Å². The minimum Gasteiger partial charge on any atom is -0.508 e. The Morgan fingerprint density at radius 1 is 1.53 bits per heavy atom. The summed E-state index contributed by atoms with van der Waals surface area (Å²) in [7, 11) is 0. The van der Waals surface area contributed by atoms with Gasteiger partial charge in [-0.3, -0.25) is 0 Å². The van der Waals surface area contributed by atoms with Crippen molar-refractivity contribution in [3.05, 3.63) is 41.5 Å². The second-order valence-corrected chi connectivity index (χ2v) is 4.45. The molecule has 3 nitrogen and oxygen atoms in total. The summed E-state index contributed by atoms with van der Waals surface area (Å²) in [5.74, 6) is -0.0912. The zero-order valence-electron chi connectivity index (χ0n) is 9.90. The highest BCUT2D eigenvalue weighted by Crippen LogP contribution is 2.34. The first-order chi connectivity index (χ1) is 8.08. The Balaban J connectivity index is 2.23. The van der Waals surface area contributed by atoms with E-state index < -0.39 is 0 Å². The Labute approximate surface area is 101 Å². The highest BCUT2D eigenvalue weighted by molar-refractivity contribution is 5.87. The number of hydrogen-bond donors (Lipinski definition) is 1. The molecule has 0 spiro atoms. The average Bonchev–Trinajstić information content (AvgIpc) is 2.28.